The minimum Gasteiger partial charge on any atom is -0.397 e. The summed E-state index contributed by atoms with van der Waals surface area (Å²) in [5.41, 5.74) is 0. The van der Waals surface area contributed by atoms with Crippen molar-refractivity contribution in [2.45, 2.75) is 6.92 Å². The van der Waals surface area contributed by atoms with Crippen LogP contribution in [0, 0.1) is 0 Å². The van der Waals surface area contributed by atoms with Gasteiger partial charge in [-0.25, -0.2) is 0 Å². The Labute approximate surface area is 66.8 Å². The van der Waals surface area contributed by atoms with Crippen molar-refractivity contribution in [3.8, 4) is 0 Å². The normalized spacial score (nSPS) is 8.67. The van der Waals surface area contributed by atoms with Gasteiger partial charge in [-0.2, -0.15) is 0 Å². The van der Waals surface area contributed by atoms with Crippen molar-refractivity contribution < 1.29 is 43.8 Å². The molecule has 0 amide bonds. The number of rotatable bonds is 0. The molecule has 0 aromatic carbocycles. The van der Waals surface area contributed by atoms with Gasteiger partial charge in [-0.15, -0.1) is 0 Å². The molecule has 0 unspecified atom stereocenters. The predicted molar refractivity (Wildman–Crippen MR) is 27.4 cm³/mol. The predicted octanol–water partition coefficient (Wildman–Crippen LogP) is -2.61. The van der Waals surface area contributed by atoms with Crippen LogP contribution >= 0.6 is 0 Å². The summed E-state index contributed by atoms with van der Waals surface area (Å²) < 4.78 is 0. The van der Waals surface area contributed by atoms with Gasteiger partial charge in [0.15, 0.2) is 0 Å². The van der Waals surface area contributed by atoms with E-state index in [1.54, 1.807) is 6.92 Å². The molecule has 0 atom stereocenters. The van der Waals surface area contributed by atoms with Crippen molar-refractivity contribution in [3.05, 3.63) is 0 Å². The molecule has 7 heteroatoms. The maximum atomic E-state index is 7.57. The summed E-state index contributed by atoms with van der Waals surface area (Å²) in [7, 11) is -4.61. The van der Waals surface area contributed by atoms with Crippen LogP contribution in [0.5, 0.6) is 0 Å². The van der Waals surface area contributed by atoms with Crippen LogP contribution in [-0.2, 0) is 19.5 Å². The van der Waals surface area contributed by atoms with Crippen LogP contribution in [0.4, 0.5) is 0 Å². The molecule has 0 aromatic rings. The quantitative estimate of drug-likeness (QED) is 0.280. The Hall–Kier alpha value is 0.640. The van der Waals surface area contributed by atoms with Crippen LogP contribution in [0.1, 0.15) is 6.92 Å². The van der Waals surface area contributed by atoms with Gasteiger partial charge in [0.1, 0.15) is 0 Å². The van der Waals surface area contributed by atoms with Crippen LogP contribution in [0.15, 0.2) is 0 Å². The number of aliphatic hydroxyl groups is 1. The van der Waals surface area contributed by atoms with Gasteiger partial charge in [0.05, 0.1) is 0 Å². The average molecular weight is 208 g/mol. The van der Waals surface area contributed by atoms with Crippen molar-refractivity contribution >= 4 is 9.05 Å². The van der Waals surface area contributed by atoms with Gasteiger partial charge >= 0.3 is 9.05 Å². The van der Waals surface area contributed by atoms with Gasteiger partial charge in [0.2, 0.25) is 0 Å². The Morgan fingerprint density at radius 3 is 1.11 bits per heavy atom. The second-order valence-electron chi connectivity index (χ2n) is 0.916. The zero-order chi connectivity index (χ0) is 7.21. The third-order valence-corrected chi connectivity index (χ3v) is 0. The van der Waals surface area contributed by atoms with Gasteiger partial charge in [-0.05, 0) is 6.92 Å². The van der Waals surface area contributed by atoms with Crippen LogP contribution in [-0.4, -0.2) is 39.9 Å². The van der Waals surface area contributed by atoms with Crippen LogP contribution < -0.4 is 0 Å². The van der Waals surface area contributed by atoms with E-state index in [-0.39, 0.29) is 26.1 Å². The molecule has 9 heavy (non-hydrogen) atoms. The first-order chi connectivity index (χ1) is 3.41. The van der Waals surface area contributed by atoms with E-state index < -0.39 is 9.05 Å². The molecule has 0 saturated carbocycles. The van der Waals surface area contributed by atoms with E-state index in [1.165, 1.54) is 0 Å². The SMILES string of the molecule is CCO.O[Si](O)(O)O.[Zn]. The molecule has 0 aromatic heterocycles. The molecule has 0 bridgehead atoms. The number of aliphatic hydroxyl groups excluding tert-OH is 1. The van der Waals surface area contributed by atoms with Crippen LogP contribution in [0.25, 0.3) is 0 Å². The minimum atomic E-state index is -4.61. The molecule has 0 saturated heterocycles. The standard InChI is InChI=1S/C2H6O.H4O4Si.Zn/c1-2-3;1-5(2,3)4;/h3H,2H2,1H3;1-4H;. The minimum absolute atomic E-state index is 0. The fourth-order valence-electron chi connectivity index (χ4n) is 0. The van der Waals surface area contributed by atoms with Crippen LogP contribution in [0.3, 0.4) is 0 Å². The van der Waals surface area contributed by atoms with E-state index in [1.807, 2.05) is 0 Å². The first-order valence-electron chi connectivity index (χ1n) is 1.92. The summed E-state index contributed by atoms with van der Waals surface area (Å²) in [6.07, 6.45) is 0. The van der Waals surface area contributed by atoms with Gasteiger partial charge in [-0.3, -0.25) is 0 Å². The smallest absolute Gasteiger partial charge is 0.397 e. The average Bonchev–Trinajstić information content (AvgIpc) is 1.27. The summed E-state index contributed by atoms with van der Waals surface area (Å²) in [4.78, 5) is 29.3. The fraction of sp³-hybridized carbons (Fsp3) is 1.00. The molecule has 0 aliphatic heterocycles. The van der Waals surface area contributed by atoms with Crippen molar-refractivity contribution in [2.24, 2.45) is 0 Å². The maximum Gasteiger partial charge on any atom is 0.668 e. The molecule has 0 heterocycles. The Bertz CT molecular complexity index is 38.7. The molecule has 0 fully saturated rings. The molecule has 0 rings (SSSR count). The first kappa shape index (κ1) is 16.3. The van der Waals surface area contributed by atoms with Gasteiger partial charge < -0.3 is 24.3 Å². The molecular formula is C2H10O5SiZn. The fourth-order valence-corrected chi connectivity index (χ4v) is 0. The van der Waals surface area contributed by atoms with E-state index >= 15 is 0 Å². The number of hydrogen-bond donors (Lipinski definition) is 5. The molecule has 0 aliphatic carbocycles. The van der Waals surface area contributed by atoms with Gasteiger partial charge in [0.25, 0.3) is 0 Å². The maximum absolute atomic E-state index is 7.57. The van der Waals surface area contributed by atoms with E-state index in [0.717, 1.165) is 0 Å². The summed E-state index contributed by atoms with van der Waals surface area (Å²) in [5, 5.41) is 7.57. The Morgan fingerprint density at radius 2 is 1.11 bits per heavy atom. The third kappa shape index (κ3) is 929. The zero-order valence-corrected chi connectivity index (χ0v) is 9.12. The Kier molecular flexibility index (Phi) is 15.7. The first-order valence-corrected chi connectivity index (χ1v) is 3.71. The van der Waals surface area contributed by atoms with Crippen LogP contribution in [0.2, 0.25) is 0 Å². The molecule has 54 valence electrons. The number of hydrogen-bond acceptors (Lipinski definition) is 5. The Morgan fingerprint density at radius 1 is 1.11 bits per heavy atom. The second-order valence-corrected chi connectivity index (χ2v) is 2.12. The Balaban J connectivity index is -0.0000000800. The molecule has 0 radical (unpaired) electrons. The molecule has 5 nitrogen and oxygen atoms in total. The van der Waals surface area contributed by atoms with E-state index in [4.69, 9.17) is 24.3 Å². The molecule has 0 aliphatic rings. The summed E-state index contributed by atoms with van der Waals surface area (Å²) >= 11 is 0. The van der Waals surface area contributed by atoms with E-state index in [2.05, 4.69) is 0 Å². The van der Waals surface area contributed by atoms with E-state index in [0.29, 0.717) is 0 Å². The monoisotopic (exact) mass is 206 g/mol. The molecular weight excluding hydrogens is 197 g/mol. The van der Waals surface area contributed by atoms with Gasteiger partial charge in [0, 0.05) is 26.1 Å². The zero-order valence-electron chi connectivity index (χ0n) is 5.15. The van der Waals surface area contributed by atoms with Gasteiger partial charge in [-0.1, -0.05) is 0 Å². The summed E-state index contributed by atoms with van der Waals surface area (Å²) in [6, 6.07) is 0. The molecule has 5 N–H and O–H groups in total. The van der Waals surface area contributed by atoms with Crippen molar-refractivity contribution in [1.29, 1.82) is 0 Å². The van der Waals surface area contributed by atoms with Crippen molar-refractivity contribution in [3.63, 3.8) is 0 Å². The van der Waals surface area contributed by atoms with Crippen molar-refractivity contribution in [1.82, 2.24) is 0 Å². The summed E-state index contributed by atoms with van der Waals surface area (Å²) in [6.45, 7) is 1.93. The molecule has 0 spiro atoms. The summed E-state index contributed by atoms with van der Waals surface area (Å²) in [5.74, 6) is 0. The third-order valence-electron chi connectivity index (χ3n) is 0. The van der Waals surface area contributed by atoms with E-state index in [9.17, 15) is 0 Å². The van der Waals surface area contributed by atoms with Crippen molar-refractivity contribution in [2.75, 3.05) is 6.61 Å². The largest absolute Gasteiger partial charge is 0.668 e. The second kappa shape index (κ2) is 8.64. The topological polar surface area (TPSA) is 101 Å².